The number of fused-ring (bicyclic) bond motifs is 1. The number of aromatic amines is 1. The number of ether oxygens (including phenoxy) is 1. The summed E-state index contributed by atoms with van der Waals surface area (Å²) in [6.07, 6.45) is 0. The number of benzene rings is 1. The number of nitrogens with zero attached hydrogens (tertiary/aromatic N) is 1. The summed E-state index contributed by atoms with van der Waals surface area (Å²) in [4.78, 5) is 45.0. The van der Waals surface area contributed by atoms with Gasteiger partial charge in [0.15, 0.2) is 18.2 Å². The summed E-state index contributed by atoms with van der Waals surface area (Å²) in [5.41, 5.74) is 3.32. The smallest absolute Gasteiger partial charge is 0.339 e. The number of hydrogen-bond donors (Lipinski definition) is 1. The van der Waals surface area contributed by atoms with Gasteiger partial charge in [-0.15, -0.1) is 0 Å². The second-order valence-electron chi connectivity index (χ2n) is 7.66. The fourth-order valence-corrected chi connectivity index (χ4v) is 3.88. The van der Waals surface area contributed by atoms with Gasteiger partial charge in [0, 0.05) is 16.6 Å². The number of nitrogens with one attached hydrogen (secondary N) is 1. The molecule has 3 heterocycles. The topological polar surface area (TPSA) is 102 Å². The number of Topliss-reactive ketones (excluding diaryl/α,β-unsaturated/α-hetero) is 2. The minimum atomic E-state index is -0.644. The zero-order valence-electron chi connectivity index (χ0n) is 18.2. The third-order valence-corrected chi connectivity index (χ3v) is 5.33. The van der Waals surface area contributed by atoms with E-state index >= 15 is 0 Å². The normalized spacial score (nSPS) is 11.0. The standard InChI is InChI=1S/C25H22N2O5/c1-13-9-10-22(32-13)20-11-18(17-7-5-6-8-19(17)27-20)25(30)31-12-21(29)24-14(2)23(16(4)28)15(3)26-24/h5-11,26H,12H2,1-4H3. The monoisotopic (exact) mass is 430 g/mol. The molecule has 7 heteroatoms. The number of para-hydroxylation sites is 1. The summed E-state index contributed by atoms with van der Waals surface area (Å²) in [5.74, 6) is 0.0796. The maximum absolute atomic E-state index is 13.0. The molecule has 0 bridgehead atoms. The second-order valence-corrected chi connectivity index (χ2v) is 7.66. The Balaban J connectivity index is 1.62. The van der Waals surface area contributed by atoms with Crippen LogP contribution in [0.25, 0.3) is 22.4 Å². The molecule has 162 valence electrons. The number of carbonyl (C=O) groups excluding carboxylic acids is 3. The fourth-order valence-electron chi connectivity index (χ4n) is 3.88. The van der Waals surface area contributed by atoms with Crippen molar-refractivity contribution < 1.29 is 23.5 Å². The van der Waals surface area contributed by atoms with Gasteiger partial charge in [-0.3, -0.25) is 9.59 Å². The van der Waals surface area contributed by atoms with Gasteiger partial charge in [-0.05, 0) is 57.5 Å². The summed E-state index contributed by atoms with van der Waals surface area (Å²) in [5, 5.41) is 0.614. The Kier molecular flexibility index (Phi) is 5.48. The number of H-pyrrole nitrogens is 1. The first-order valence-electron chi connectivity index (χ1n) is 10.1. The van der Waals surface area contributed by atoms with E-state index in [1.54, 1.807) is 44.2 Å². The van der Waals surface area contributed by atoms with Crippen LogP contribution in [0.2, 0.25) is 0 Å². The zero-order valence-corrected chi connectivity index (χ0v) is 18.2. The molecule has 1 aromatic carbocycles. The Morgan fingerprint density at radius 2 is 1.81 bits per heavy atom. The Labute approximate surface area is 184 Å². The van der Waals surface area contributed by atoms with Gasteiger partial charge in [-0.25, -0.2) is 9.78 Å². The van der Waals surface area contributed by atoms with Crippen LogP contribution in [0.1, 0.15) is 55.1 Å². The van der Waals surface area contributed by atoms with E-state index in [4.69, 9.17) is 9.15 Å². The Morgan fingerprint density at radius 1 is 1.06 bits per heavy atom. The summed E-state index contributed by atoms with van der Waals surface area (Å²) in [6, 6.07) is 12.4. The number of pyridine rings is 1. The van der Waals surface area contributed by atoms with E-state index in [-0.39, 0.29) is 17.0 Å². The molecule has 32 heavy (non-hydrogen) atoms. The largest absolute Gasteiger partial charge is 0.460 e. The van der Waals surface area contributed by atoms with Crippen LogP contribution in [0.5, 0.6) is 0 Å². The average Bonchev–Trinajstić information content (AvgIpc) is 3.33. The minimum Gasteiger partial charge on any atom is -0.460 e. The number of rotatable bonds is 6. The molecule has 1 N–H and O–H groups in total. The lowest BCUT2D eigenvalue weighted by Crippen LogP contribution is -2.16. The van der Waals surface area contributed by atoms with Crippen molar-refractivity contribution in [2.45, 2.75) is 27.7 Å². The summed E-state index contributed by atoms with van der Waals surface area (Å²) >= 11 is 0. The minimum absolute atomic E-state index is 0.128. The van der Waals surface area contributed by atoms with Crippen molar-refractivity contribution >= 4 is 28.4 Å². The van der Waals surface area contributed by atoms with Crippen LogP contribution < -0.4 is 0 Å². The third-order valence-electron chi connectivity index (χ3n) is 5.33. The Morgan fingerprint density at radius 3 is 2.47 bits per heavy atom. The molecule has 0 aliphatic carbocycles. The van der Waals surface area contributed by atoms with Crippen molar-refractivity contribution in [1.29, 1.82) is 0 Å². The molecule has 0 aliphatic rings. The van der Waals surface area contributed by atoms with Gasteiger partial charge in [0.05, 0.1) is 16.8 Å². The quantitative estimate of drug-likeness (QED) is 0.341. The predicted molar refractivity (Wildman–Crippen MR) is 119 cm³/mol. The van der Waals surface area contributed by atoms with Gasteiger partial charge in [-0.1, -0.05) is 18.2 Å². The van der Waals surface area contributed by atoms with E-state index in [0.29, 0.717) is 39.2 Å². The number of ketones is 2. The van der Waals surface area contributed by atoms with Gasteiger partial charge in [-0.2, -0.15) is 0 Å². The maximum atomic E-state index is 13.0. The first kappa shape index (κ1) is 21.2. The molecule has 0 atom stereocenters. The van der Waals surface area contributed by atoms with E-state index in [1.807, 2.05) is 19.1 Å². The highest BCUT2D eigenvalue weighted by Crippen LogP contribution is 2.27. The first-order valence-corrected chi connectivity index (χ1v) is 10.1. The number of aryl methyl sites for hydroxylation is 2. The zero-order chi connectivity index (χ0) is 23.0. The number of esters is 1. The highest BCUT2D eigenvalue weighted by Gasteiger charge is 2.22. The SMILES string of the molecule is CC(=O)c1c(C)[nH]c(C(=O)COC(=O)c2cc(-c3ccc(C)o3)nc3ccccc23)c1C. The number of hydrogen-bond acceptors (Lipinski definition) is 6. The summed E-state index contributed by atoms with van der Waals surface area (Å²) in [7, 11) is 0. The van der Waals surface area contributed by atoms with Crippen molar-refractivity contribution in [3.63, 3.8) is 0 Å². The average molecular weight is 430 g/mol. The van der Waals surface area contributed by atoms with E-state index < -0.39 is 18.4 Å². The van der Waals surface area contributed by atoms with Crippen LogP contribution in [0.15, 0.2) is 46.9 Å². The maximum Gasteiger partial charge on any atom is 0.339 e. The van der Waals surface area contributed by atoms with Crippen LogP contribution >= 0.6 is 0 Å². The number of aromatic nitrogens is 2. The van der Waals surface area contributed by atoms with Crippen LogP contribution in [0.4, 0.5) is 0 Å². The lowest BCUT2D eigenvalue weighted by atomic mass is 10.1. The molecule has 0 aliphatic heterocycles. The van der Waals surface area contributed by atoms with Crippen LogP contribution in [0, 0.1) is 20.8 Å². The van der Waals surface area contributed by atoms with Crippen molar-refractivity contribution in [2.75, 3.05) is 6.61 Å². The molecule has 0 unspecified atom stereocenters. The van der Waals surface area contributed by atoms with Crippen LogP contribution in [-0.4, -0.2) is 34.1 Å². The molecule has 0 spiro atoms. The van der Waals surface area contributed by atoms with Crippen molar-refractivity contribution in [1.82, 2.24) is 9.97 Å². The number of furan rings is 1. The van der Waals surface area contributed by atoms with Gasteiger partial charge in [0.25, 0.3) is 0 Å². The molecule has 0 saturated heterocycles. The van der Waals surface area contributed by atoms with Gasteiger partial charge < -0.3 is 14.1 Å². The molecular weight excluding hydrogens is 408 g/mol. The van der Waals surface area contributed by atoms with Gasteiger partial charge in [0.1, 0.15) is 11.5 Å². The van der Waals surface area contributed by atoms with Crippen molar-refractivity contribution in [3.05, 3.63) is 76.3 Å². The fraction of sp³-hybridized carbons (Fsp3) is 0.200. The lowest BCUT2D eigenvalue weighted by molar-refractivity contribution is 0.0475. The molecular formula is C25H22N2O5. The molecule has 7 nitrogen and oxygen atoms in total. The summed E-state index contributed by atoms with van der Waals surface area (Å²) in [6.45, 7) is 6.25. The molecule has 0 fully saturated rings. The second kappa shape index (κ2) is 8.26. The van der Waals surface area contributed by atoms with E-state index in [2.05, 4.69) is 9.97 Å². The third kappa shape index (κ3) is 3.85. The summed E-state index contributed by atoms with van der Waals surface area (Å²) < 4.78 is 11.0. The number of carbonyl (C=O) groups is 3. The van der Waals surface area contributed by atoms with E-state index in [1.165, 1.54) is 6.92 Å². The Hall–Kier alpha value is -4.00. The molecule has 0 saturated carbocycles. The lowest BCUT2D eigenvalue weighted by Gasteiger charge is -2.09. The molecule has 0 amide bonds. The predicted octanol–water partition coefficient (Wildman–Crippen LogP) is 4.99. The van der Waals surface area contributed by atoms with E-state index in [9.17, 15) is 14.4 Å². The highest BCUT2D eigenvalue weighted by atomic mass is 16.5. The van der Waals surface area contributed by atoms with Gasteiger partial charge >= 0.3 is 5.97 Å². The van der Waals surface area contributed by atoms with Crippen molar-refractivity contribution in [3.8, 4) is 11.5 Å². The molecule has 4 rings (SSSR count). The first-order chi connectivity index (χ1) is 15.3. The van der Waals surface area contributed by atoms with Crippen molar-refractivity contribution in [2.24, 2.45) is 0 Å². The molecule has 3 aromatic heterocycles. The molecule has 4 aromatic rings. The van der Waals surface area contributed by atoms with E-state index in [0.717, 1.165) is 5.76 Å². The van der Waals surface area contributed by atoms with Crippen LogP contribution in [0.3, 0.4) is 0 Å². The highest BCUT2D eigenvalue weighted by molar-refractivity contribution is 6.07. The van der Waals surface area contributed by atoms with Gasteiger partial charge in [0.2, 0.25) is 5.78 Å². The molecule has 0 radical (unpaired) electrons. The Bertz CT molecular complexity index is 1380. The van der Waals surface area contributed by atoms with Crippen LogP contribution in [-0.2, 0) is 4.74 Å².